The van der Waals surface area contributed by atoms with Crippen LogP contribution < -0.4 is 5.32 Å². The number of sulfonamides is 1. The van der Waals surface area contributed by atoms with E-state index in [0.29, 0.717) is 6.54 Å². The number of rotatable bonds is 2. The van der Waals surface area contributed by atoms with Crippen molar-refractivity contribution in [2.45, 2.75) is 36.4 Å². The maximum Gasteiger partial charge on any atom is 0.262 e. The quantitative estimate of drug-likeness (QED) is 0.872. The summed E-state index contributed by atoms with van der Waals surface area (Å²) in [6.07, 6.45) is 4.07. The number of nitrogens with one attached hydrogen (secondary N) is 1. The molecule has 9 heteroatoms. The van der Waals surface area contributed by atoms with Gasteiger partial charge in [0.2, 0.25) is 0 Å². The lowest BCUT2D eigenvalue weighted by molar-refractivity contribution is 0.331. The topological polar surface area (TPSA) is 67.2 Å². The van der Waals surface area contributed by atoms with Crippen LogP contribution in [0.15, 0.2) is 11.2 Å². The maximum atomic E-state index is 12.9. The van der Waals surface area contributed by atoms with Crippen molar-refractivity contribution in [1.29, 1.82) is 0 Å². The normalized spacial score (nSPS) is 27.1. The summed E-state index contributed by atoms with van der Waals surface area (Å²) in [5.41, 5.74) is 0. The molecule has 20 heavy (non-hydrogen) atoms. The predicted octanol–water partition coefficient (Wildman–Crippen LogP) is 1.01. The number of halogens is 2. The molecule has 6 nitrogen and oxygen atoms in total. The van der Waals surface area contributed by atoms with Gasteiger partial charge in [0.1, 0.15) is 0 Å². The fourth-order valence-electron chi connectivity index (χ4n) is 3.12. The molecule has 1 N–H and O–H groups in total. The average Bonchev–Trinajstić information content (AvgIpc) is 2.78. The SMILES string of the molecule is Cl.Cn1ncc(Cl)c1S(=O)(=O)N1C2CCNCC1CC2. The standard InChI is InChI=1S/C11H17ClN4O2S.ClH/c1-15-11(10(12)7-14-15)19(17,18)16-8-2-3-9(16)6-13-5-4-8;/h7-9,13H,2-6H2,1H3;1H. The number of aryl methyl sites for hydroxylation is 1. The minimum absolute atomic E-state index is 0. The van der Waals surface area contributed by atoms with E-state index in [1.54, 1.807) is 11.4 Å². The van der Waals surface area contributed by atoms with Gasteiger partial charge in [-0.1, -0.05) is 11.6 Å². The van der Waals surface area contributed by atoms with Crippen molar-refractivity contribution < 1.29 is 8.42 Å². The van der Waals surface area contributed by atoms with Crippen molar-refractivity contribution in [3.05, 3.63) is 11.2 Å². The molecular weight excluding hydrogens is 323 g/mol. The summed E-state index contributed by atoms with van der Waals surface area (Å²) in [6.45, 7) is 1.58. The molecule has 3 heterocycles. The first kappa shape index (κ1) is 16.0. The van der Waals surface area contributed by atoms with Gasteiger partial charge < -0.3 is 5.32 Å². The molecule has 0 saturated carbocycles. The monoisotopic (exact) mass is 340 g/mol. The lowest BCUT2D eigenvalue weighted by Crippen LogP contribution is -2.43. The summed E-state index contributed by atoms with van der Waals surface area (Å²) in [5, 5.41) is 7.53. The Morgan fingerprint density at radius 2 is 2.05 bits per heavy atom. The van der Waals surface area contributed by atoms with Gasteiger partial charge in [-0.15, -0.1) is 12.4 Å². The van der Waals surface area contributed by atoms with Crippen molar-refractivity contribution in [2.75, 3.05) is 13.1 Å². The van der Waals surface area contributed by atoms with Gasteiger partial charge in [-0.2, -0.15) is 9.40 Å². The van der Waals surface area contributed by atoms with Crippen LogP contribution in [0.1, 0.15) is 19.3 Å². The van der Waals surface area contributed by atoms with Crippen molar-refractivity contribution in [2.24, 2.45) is 7.05 Å². The van der Waals surface area contributed by atoms with Gasteiger partial charge in [0.05, 0.1) is 11.2 Å². The highest BCUT2D eigenvalue weighted by Crippen LogP contribution is 2.35. The van der Waals surface area contributed by atoms with Gasteiger partial charge in [-0.25, -0.2) is 8.42 Å². The zero-order chi connectivity index (χ0) is 13.6. The number of hydrogen-bond acceptors (Lipinski definition) is 4. The summed E-state index contributed by atoms with van der Waals surface area (Å²) in [7, 11) is -1.97. The highest BCUT2D eigenvalue weighted by Gasteiger charge is 2.44. The molecule has 2 saturated heterocycles. The molecule has 0 spiro atoms. The van der Waals surface area contributed by atoms with Gasteiger partial charge in [0, 0.05) is 25.7 Å². The molecule has 2 bridgehead atoms. The Kier molecular flexibility index (Phi) is 4.66. The fraction of sp³-hybridized carbons (Fsp3) is 0.727. The first-order valence-corrected chi connectivity index (χ1v) is 8.25. The Labute approximate surface area is 129 Å². The first-order chi connectivity index (χ1) is 9.01. The van der Waals surface area contributed by atoms with Crippen LogP contribution in [-0.2, 0) is 17.1 Å². The largest absolute Gasteiger partial charge is 0.315 e. The molecule has 2 atom stereocenters. The van der Waals surface area contributed by atoms with E-state index < -0.39 is 10.0 Å². The van der Waals surface area contributed by atoms with Crippen LogP contribution in [0.5, 0.6) is 0 Å². The van der Waals surface area contributed by atoms with Gasteiger partial charge in [0.15, 0.2) is 5.03 Å². The molecule has 2 aliphatic heterocycles. The molecule has 0 radical (unpaired) electrons. The summed E-state index contributed by atoms with van der Waals surface area (Å²) >= 11 is 6.00. The minimum atomic E-state index is -3.58. The molecule has 0 aromatic carbocycles. The van der Waals surface area contributed by atoms with E-state index in [4.69, 9.17) is 11.6 Å². The molecule has 3 rings (SSSR count). The molecule has 1 aromatic rings. The Hall–Kier alpha value is -0.340. The first-order valence-electron chi connectivity index (χ1n) is 6.43. The molecule has 2 unspecified atom stereocenters. The zero-order valence-electron chi connectivity index (χ0n) is 11.1. The van der Waals surface area contributed by atoms with E-state index in [0.717, 1.165) is 25.8 Å². The number of hydrogen-bond donors (Lipinski definition) is 1. The number of nitrogens with zero attached hydrogens (tertiary/aromatic N) is 3. The summed E-state index contributed by atoms with van der Waals surface area (Å²) in [5.74, 6) is 0. The maximum absolute atomic E-state index is 12.9. The van der Waals surface area contributed by atoms with Gasteiger partial charge >= 0.3 is 0 Å². The third-order valence-electron chi connectivity index (χ3n) is 3.95. The Bertz CT molecular complexity index is 556. The smallest absolute Gasteiger partial charge is 0.262 e. The van der Waals surface area contributed by atoms with E-state index in [2.05, 4.69) is 10.4 Å². The summed E-state index contributed by atoms with van der Waals surface area (Å²) in [4.78, 5) is 0. The van der Waals surface area contributed by atoms with E-state index in [9.17, 15) is 8.42 Å². The lowest BCUT2D eigenvalue weighted by atomic mass is 10.1. The molecule has 2 aliphatic rings. The van der Waals surface area contributed by atoms with Crippen LogP contribution in [0.4, 0.5) is 0 Å². The molecule has 2 fully saturated rings. The second kappa shape index (κ2) is 5.81. The second-order valence-corrected chi connectivity index (χ2v) is 7.30. The van der Waals surface area contributed by atoms with Crippen molar-refractivity contribution >= 4 is 34.0 Å². The van der Waals surface area contributed by atoms with Crippen LogP contribution >= 0.6 is 24.0 Å². The minimum Gasteiger partial charge on any atom is -0.315 e. The molecular formula is C11H18Cl2N4O2S. The number of aromatic nitrogens is 2. The van der Waals surface area contributed by atoms with Gasteiger partial charge in [0.25, 0.3) is 10.0 Å². The predicted molar refractivity (Wildman–Crippen MR) is 78.8 cm³/mol. The van der Waals surface area contributed by atoms with Crippen molar-refractivity contribution in [1.82, 2.24) is 19.4 Å². The Morgan fingerprint density at radius 1 is 1.35 bits per heavy atom. The van der Waals surface area contributed by atoms with E-state index >= 15 is 0 Å². The molecule has 0 aliphatic carbocycles. The molecule has 114 valence electrons. The van der Waals surface area contributed by atoms with E-state index in [-0.39, 0.29) is 34.5 Å². The van der Waals surface area contributed by atoms with Crippen LogP contribution in [0.3, 0.4) is 0 Å². The Morgan fingerprint density at radius 3 is 2.70 bits per heavy atom. The zero-order valence-corrected chi connectivity index (χ0v) is 13.5. The molecule has 0 amide bonds. The average molecular weight is 341 g/mol. The van der Waals surface area contributed by atoms with Crippen LogP contribution in [0, 0.1) is 0 Å². The fourth-order valence-corrected chi connectivity index (χ4v) is 5.63. The third-order valence-corrected chi connectivity index (χ3v) is 6.46. The summed E-state index contributed by atoms with van der Waals surface area (Å²) in [6, 6.07) is 0.111. The van der Waals surface area contributed by atoms with Crippen LogP contribution in [0.2, 0.25) is 5.02 Å². The highest BCUT2D eigenvalue weighted by atomic mass is 35.5. The van der Waals surface area contributed by atoms with E-state index in [1.165, 1.54) is 10.9 Å². The lowest BCUT2D eigenvalue weighted by Gasteiger charge is -2.26. The molecule has 1 aromatic heterocycles. The van der Waals surface area contributed by atoms with Crippen LogP contribution in [0.25, 0.3) is 0 Å². The van der Waals surface area contributed by atoms with Gasteiger partial charge in [-0.3, -0.25) is 4.68 Å². The Balaban J connectivity index is 0.00000147. The van der Waals surface area contributed by atoms with Crippen molar-refractivity contribution in [3.8, 4) is 0 Å². The van der Waals surface area contributed by atoms with Crippen LogP contribution in [-0.4, -0.2) is 47.7 Å². The summed E-state index contributed by atoms with van der Waals surface area (Å²) < 4.78 is 28.7. The third kappa shape index (κ3) is 2.46. The second-order valence-electron chi connectivity index (χ2n) is 5.13. The van der Waals surface area contributed by atoms with E-state index in [1.807, 2.05) is 0 Å². The highest BCUT2D eigenvalue weighted by molar-refractivity contribution is 7.89. The number of fused-ring (bicyclic) bond motifs is 2. The van der Waals surface area contributed by atoms with Gasteiger partial charge in [-0.05, 0) is 25.8 Å². The van der Waals surface area contributed by atoms with Crippen molar-refractivity contribution in [3.63, 3.8) is 0 Å².